The largest absolute Gasteiger partial charge is 0.480 e. The molecule has 0 radical (unpaired) electrons. The van der Waals surface area contributed by atoms with Crippen molar-refractivity contribution in [3.8, 4) is 5.75 Å². The summed E-state index contributed by atoms with van der Waals surface area (Å²) < 4.78 is 10.8. The molecule has 11 heteroatoms. The van der Waals surface area contributed by atoms with Crippen LogP contribution in [0.15, 0.2) is 31.9 Å². The van der Waals surface area contributed by atoms with Gasteiger partial charge in [-0.25, -0.2) is 9.59 Å². The number of fused-ring (bicyclic) bond motifs is 1. The molecule has 0 saturated carbocycles. The molecule has 1 fully saturated rings. The number of hydrogen-bond acceptors (Lipinski definition) is 7. The van der Waals surface area contributed by atoms with E-state index in [0.717, 1.165) is 12.3 Å². The minimum Gasteiger partial charge on any atom is -0.480 e. The molecule has 0 bridgehead atoms. The van der Waals surface area contributed by atoms with Crippen LogP contribution < -0.4 is 10.4 Å². The molecule has 2 heterocycles. The zero-order valence-electron chi connectivity index (χ0n) is 13.5. The van der Waals surface area contributed by atoms with Gasteiger partial charge in [-0.15, -0.1) is 5.06 Å². The van der Waals surface area contributed by atoms with Gasteiger partial charge in [0.2, 0.25) is 0 Å². The van der Waals surface area contributed by atoms with Crippen LogP contribution in [0, 0.1) is 0 Å². The fourth-order valence-corrected chi connectivity index (χ4v) is 2.85. The van der Waals surface area contributed by atoms with Crippen LogP contribution in [0.1, 0.15) is 18.4 Å². The second-order valence-corrected chi connectivity index (χ2v) is 6.23. The van der Waals surface area contributed by atoms with Crippen LogP contribution >= 0.6 is 15.9 Å². The lowest BCUT2D eigenvalue weighted by molar-refractivity contribution is -0.198. The molecule has 27 heavy (non-hydrogen) atoms. The Morgan fingerprint density at radius 3 is 2.63 bits per heavy atom. The highest BCUT2D eigenvalue weighted by atomic mass is 79.9. The molecule has 0 atom stereocenters. The molecule has 10 nitrogen and oxygen atoms in total. The molecule has 1 aliphatic rings. The molecule has 138 valence electrons. The average molecular weight is 436 g/mol. The van der Waals surface area contributed by atoms with Crippen LogP contribution in [0.25, 0.3) is 16.5 Å². The fraction of sp³-hybridized carbons (Fsp3) is 0.188. The van der Waals surface area contributed by atoms with Gasteiger partial charge in [0.15, 0.2) is 6.61 Å². The zero-order chi connectivity index (χ0) is 19.6. The van der Waals surface area contributed by atoms with E-state index in [2.05, 4.69) is 20.7 Å². The maximum absolute atomic E-state index is 11.8. The standard InChI is InChI=1S/C16H10BrN3O7/c17-10-4-9-8(6-19-18)3-15(23)26-11(9)5-12(10)25-7-16(24)27-20-13(21)1-2-14(20)22/h3-6H,1-2,7H2. The molecule has 1 aliphatic heterocycles. The smallest absolute Gasteiger partial charge is 0.370 e. The number of amides is 2. The second-order valence-electron chi connectivity index (χ2n) is 5.38. The Bertz CT molecular complexity index is 1060. The van der Waals surface area contributed by atoms with Crippen LogP contribution in [-0.2, 0) is 19.2 Å². The summed E-state index contributed by atoms with van der Waals surface area (Å²) in [6.07, 6.45) is 1.05. The van der Waals surface area contributed by atoms with Crippen LogP contribution in [0.5, 0.6) is 5.75 Å². The summed E-state index contributed by atoms with van der Waals surface area (Å²) in [7, 11) is 0. The first kappa shape index (κ1) is 18.5. The van der Waals surface area contributed by atoms with E-state index in [1.807, 2.05) is 0 Å². The number of rotatable bonds is 5. The van der Waals surface area contributed by atoms with Gasteiger partial charge < -0.3 is 19.5 Å². The molecule has 0 unspecified atom stereocenters. The van der Waals surface area contributed by atoms with Crippen molar-refractivity contribution in [1.82, 2.24) is 5.06 Å². The Balaban J connectivity index is 1.79. The predicted molar refractivity (Wildman–Crippen MR) is 91.6 cm³/mol. The third-order valence-corrected chi connectivity index (χ3v) is 4.19. The summed E-state index contributed by atoms with van der Waals surface area (Å²) in [6, 6.07) is 4.05. The first-order chi connectivity index (χ1) is 12.9. The van der Waals surface area contributed by atoms with E-state index in [1.54, 1.807) is 6.07 Å². The minimum absolute atomic E-state index is 0.0122. The number of halogens is 1. The van der Waals surface area contributed by atoms with Crippen LogP contribution in [0.2, 0.25) is 0 Å². The van der Waals surface area contributed by atoms with E-state index < -0.39 is 30.0 Å². The van der Waals surface area contributed by atoms with E-state index >= 15 is 0 Å². The van der Waals surface area contributed by atoms with Crippen LogP contribution in [0.4, 0.5) is 0 Å². The predicted octanol–water partition coefficient (Wildman–Crippen LogP) is 1.19. The first-order valence-corrected chi connectivity index (χ1v) is 8.32. The zero-order valence-corrected chi connectivity index (χ0v) is 15.1. The van der Waals surface area contributed by atoms with Crippen molar-refractivity contribution in [2.24, 2.45) is 0 Å². The Morgan fingerprint density at radius 1 is 1.26 bits per heavy atom. The molecule has 0 spiro atoms. The summed E-state index contributed by atoms with van der Waals surface area (Å²) in [5.41, 5.74) is 8.47. The average Bonchev–Trinajstić information content (AvgIpc) is 2.93. The number of hydrogen-bond donors (Lipinski definition) is 0. The van der Waals surface area contributed by atoms with E-state index in [1.165, 1.54) is 6.07 Å². The number of nitrogens with zero attached hydrogens (tertiary/aromatic N) is 3. The Kier molecular flexibility index (Phi) is 5.15. The quantitative estimate of drug-likeness (QED) is 0.226. The van der Waals surface area contributed by atoms with Gasteiger partial charge in [0.1, 0.15) is 11.3 Å². The Hall–Kier alpha value is -3.30. The summed E-state index contributed by atoms with van der Waals surface area (Å²) in [5.74, 6) is -1.99. The maximum atomic E-state index is 11.8. The highest BCUT2D eigenvalue weighted by Gasteiger charge is 2.33. The van der Waals surface area contributed by atoms with Crippen molar-refractivity contribution >= 4 is 50.9 Å². The number of ether oxygens (including phenoxy) is 1. The maximum Gasteiger partial charge on any atom is 0.370 e. The van der Waals surface area contributed by atoms with Gasteiger partial charge in [-0.2, -0.15) is 4.79 Å². The Morgan fingerprint density at radius 2 is 1.96 bits per heavy atom. The number of hydroxylamine groups is 2. The molecule has 3 rings (SSSR count). The molecule has 1 saturated heterocycles. The number of carbonyl (C=O) groups is 3. The van der Waals surface area contributed by atoms with Gasteiger partial charge >= 0.3 is 11.6 Å². The van der Waals surface area contributed by atoms with Crippen LogP contribution in [-0.4, -0.2) is 40.5 Å². The molecule has 1 aromatic heterocycles. The third kappa shape index (κ3) is 3.94. The van der Waals surface area contributed by atoms with Gasteiger partial charge in [0.25, 0.3) is 18.0 Å². The van der Waals surface area contributed by atoms with E-state index in [4.69, 9.17) is 19.5 Å². The molecular weight excluding hydrogens is 426 g/mol. The van der Waals surface area contributed by atoms with Gasteiger partial charge in [-0.1, -0.05) is 0 Å². The summed E-state index contributed by atoms with van der Waals surface area (Å²) in [4.78, 5) is 53.8. The van der Waals surface area contributed by atoms with E-state index in [9.17, 15) is 19.2 Å². The van der Waals surface area contributed by atoms with Crippen molar-refractivity contribution < 1.29 is 33.2 Å². The van der Waals surface area contributed by atoms with Crippen molar-refractivity contribution in [1.29, 1.82) is 0 Å². The third-order valence-electron chi connectivity index (χ3n) is 3.57. The molecule has 1 aromatic carbocycles. The molecule has 2 aromatic rings. The lowest BCUT2D eigenvalue weighted by Crippen LogP contribution is -2.33. The normalized spacial score (nSPS) is 13.6. The summed E-state index contributed by atoms with van der Waals surface area (Å²) in [5, 5.41) is 0.878. The number of benzene rings is 1. The van der Waals surface area contributed by atoms with Gasteiger partial charge in [0.05, 0.1) is 10.0 Å². The van der Waals surface area contributed by atoms with Crippen molar-refractivity contribution in [2.45, 2.75) is 12.8 Å². The second kappa shape index (κ2) is 7.52. The highest BCUT2D eigenvalue weighted by molar-refractivity contribution is 9.10. The lowest BCUT2D eigenvalue weighted by atomic mass is 10.1. The van der Waals surface area contributed by atoms with E-state index in [-0.39, 0.29) is 24.2 Å². The SMILES string of the molecule is [N-]=[N+]=Cc1cc(=O)oc2cc(OCC(=O)ON3C(=O)CCC3=O)c(Br)cc12. The lowest BCUT2D eigenvalue weighted by Gasteiger charge is -2.13. The molecule has 2 amide bonds. The van der Waals surface area contributed by atoms with Gasteiger partial charge in [-0.05, 0) is 22.0 Å². The first-order valence-electron chi connectivity index (χ1n) is 7.53. The topological polar surface area (TPSA) is 140 Å². The summed E-state index contributed by atoms with van der Waals surface area (Å²) in [6.45, 7) is -0.594. The number of carbonyl (C=O) groups excluding carboxylic acids is 3. The minimum atomic E-state index is -0.951. The molecule has 0 N–H and O–H groups in total. The monoisotopic (exact) mass is 435 g/mol. The van der Waals surface area contributed by atoms with E-state index in [0.29, 0.717) is 20.5 Å². The van der Waals surface area contributed by atoms with Crippen molar-refractivity contribution in [3.05, 3.63) is 44.2 Å². The number of imide groups is 1. The highest BCUT2D eigenvalue weighted by Crippen LogP contribution is 2.31. The summed E-state index contributed by atoms with van der Waals surface area (Å²) >= 11 is 3.26. The molecular formula is C16H10BrN3O7. The van der Waals surface area contributed by atoms with Gasteiger partial charge in [-0.3, -0.25) is 9.59 Å². The van der Waals surface area contributed by atoms with Crippen molar-refractivity contribution in [2.75, 3.05) is 6.61 Å². The van der Waals surface area contributed by atoms with Gasteiger partial charge in [0, 0.05) is 30.4 Å². The van der Waals surface area contributed by atoms with Crippen LogP contribution in [0.3, 0.4) is 0 Å². The fourth-order valence-electron chi connectivity index (χ4n) is 2.39. The van der Waals surface area contributed by atoms with Crippen molar-refractivity contribution in [3.63, 3.8) is 0 Å². The molecule has 0 aliphatic carbocycles. The Labute approximate surface area is 159 Å².